The highest BCUT2D eigenvalue weighted by Crippen LogP contribution is 2.42. The molecule has 1 fully saturated rings. The van der Waals surface area contributed by atoms with Crippen LogP contribution in [0.3, 0.4) is 0 Å². The summed E-state index contributed by atoms with van der Waals surface area (Å²) < 4.78 is 3.25. The molecular weight excluding hydrogens is 289 g/mol. The predicted molar refractivity (Wildman–Crippen MR) is 82.7 cm³/mol. The normalized spacial score (nSPS) is 23.0. The van der Waals surface area contributed by atoms with Crippen molar-refractivity contribution in [3.05, 3.63) is 0 Å². The van der Waals surface area contributed by atoms with Gasteiger partial charge in [-0.1, -0.05) is 33.1 Å². The fourth-order valence-electron chi connectivity index (χ4n) is 2.65. The molecule has 1 saturated heterocycles. The van der Waals surface area contributed by atoms with E-state index < -0.39 is 22.5 Å². The number of rotatable bonds is 9. The van der Waals surface area contributed by atoms with Crippen LogP contribution in [0.4, 0.5) is 0 Å². The number of carbonyl (C=O) groups is 3. The highest BCUT2D eigenvalue weighted by Gasteiger charge is 2.54. The molecule has 0 saturated carbocycles. The third kappa shape index (κ3) is 4.25. The van der Waals surface area contributed by atoms with Crippen molar-refractivity contribution in [3.63, 3.8) is 0 Å². The third-order valence-electron chi connectivity index (χ3n) is 3.79. The molecule has 7 heteroatoms. The van der Waals surface area contributed by atoms with Gasteiger partial charge in [-0.25, -0.2) is 0 Å². The molecule has 1 N–H and O–H groups in total. The molecule has 0 aromatic rings. The van der Waals surface area contributed by atoms with E-state index in [4.69, 9.17) is 8.05 Å². The van der Waals surface area contributed by atoms with E-state index in [1.54, 1.807) is 6.92 Å². The molecule has 1 unspecified atom stereocenters. The Balaban J connectivity index is 2.83. The molecule has 0 aliphatic carbocycles. The van der Waals surface area contributed by atoms with E-state index >= 15 is 0 Å². The quantitative estimate of drug-likeness (QED) is 0.399. The van der Waals surface area contributed by atoms with Crippen LogP contribution in [0, 0.1) is 5.92 Å². The van der Waals surface area contributed by atoms with Crippen molar-refractivity contribution in [3.8, 4) is 0 Å². The van der Waals surface area contributed by atoms with Crippen LogP contribution in [0.1, 0.15) is 52.4 Å². The second-order valence-corrected chi connectivity index (χ2v) is 6.68. The Morgan fingerprint density at radius 2 is 2.10 bits per heavy atom. The lowest BCUT2D eigenvalue weighted by Crippen LogP contribution is -2.46. The van der Waals surface area contributed by atoms with Crippen LogP contribution < -0.4 is 5.32 Å². The van der Waals surface area contributed by atoms with Crippen LogP contribution in [0.5, 0.6) is 0 Å². The molecule has 1 heterocycles. The minimum atomic E-state index is -1.07. The Bertz CT molecular complexity index is 404. The van der Waals surface area contributed by atoms with Gasteiger partial charge in [-0.05, 0) is 18.6 Å². The second kappa shape index (κ2) is 8.46. The van der Waals surface area contributed by atoms with Gasteiger partial charge in [0.1, 0.15) is 4.75 Å². The topological polar surface area (TPSA) is 72.5 Å². The van der Waals surface area contributed by atoms with Crippen LogP contribution in [-0.2, 0) is 19.0 Å². The maximum atomic E-state index is 12.2. The lowest BCUT2D eigenvalue weighted by molar-refractivity contribution is -0.142. The molecule has 1 rings (SSSR count). The maximum Gasteiger partial charge on any atom is 0.378 e. The standard InChI is InChI=1S/C14H22BNO4S/c1-3-5-6-7-8-21-14(9-11(17)16-13(14)19)10(4-2)12(18)20-15/h10H,3-9H2,1-2H3,(H,16,17,19)/t10?,14-/m1/s1. The molecule has 1 aliphatic heterocycles. The number of hydrogen-bond donors (Lipinski definition) is 1. The number of imide groups is 1. The molecule has 5 nitrogen and oxygen atoms in total. The molecule has 1 aliphatic rings. The van der Waals surface area contributed by atoms with Crippen LogP contribution >= 0.6 is 11.8 Å². The molecule has 2 atom stereocenters. The van der Waals surface area contributed by atoms with E-state index in [2.05, 4.69) is 16.9 Å². The summed E-state index contributed by atoms with van der Waals surface area (Å²) in [6.07, 6.45) is 4.71. The van der Waals surface area contributed by atoms with Crippen molar-refractivity contribution in [2.75, 3.05) is 5.75 Å². The first-order chi connectivity index (χ1) is 10.0. The predicted octanol–water partition coefficient (Wildman–Crippen LogP) is 1.74. The molecule has 21 heavy (non-hydrogen) atoms. The van der Waals surface area contributed by atoms with Gasteiger partial charge in [0.05, 0.1) is 12.3 Å². The van der Waals surface area contributed by atoms with Gasteiger partial charge in [-0.2, -0.15) is 0 Å². The van der Waals surface area contributed by atoms with E-state index in [9.17, 15) is 14.4 Å². The van der Waals surface area contributed by atoms with Gasteiger partial charge in [0.15, 0.2) is 0 Å². The summed E-state index contributed by atoms with van der Waals surface area (Å²) in [4.78, 5) is 35.7. The Morgan fingerprint density at radius 3 is 2.57 bits per heavy atom. The Hall–Kier alpha value is -0.975. The number of unbranched alkanes of at least 4 members (excludes halogenated alkanes) is 3. The molecule has 2 radical (unpaired) electrons. The van der Waals surface area contributed by atoms with E-state index in [0.29, 0.717) is 6.42 Å². The van der Waals surface area contributed by atoms with Gasteiger partial charge < -0.3 is 4.65 Å². The maximum absolute atomic E-state index is 12.2. The SMILES string of the molecule is [B]OC(=O)C(CC)[C@]1(SCCCCCC)CC(=O)NC1=O. The van der Waals surface area contributed by atoms with Gasteiger partial charge >= 0.3 is 8.05 Å². The zero-order chi connectivity index (χ0) is 15.9. The molecule has 116 valence electrons. The van der Waals surface area contributed by atoms with E-state index in [1.165, 1.54) is 11.8 Å². The highest BCUT2D eigenvalue weighted by atomic mass is 32.2. The Kier molecular flexibility index (Phi) is 7.28. The van der Waals surface area contributed by atoms with Gasteiger partial charge in [0.25, 0.3) is 5.97 Å². The number of thioether (sulfide) groups is 1. The zero-order valence-electron chi connectivity index (χ0n) is 12.6. The fourth-order valence-corrected chi connectivity index (χ4v) is 4.24. The van der Waals surface area contributed by atoms with Crippen molar-refractivity contribution < 1.29 is 19.0 Å². The molecule has 0 spiro atoms. The Morgan fingerprint density at radius 1 is 1.38 bits per heavy atom. The molecule has 0 aromatic carbocycles. The average molecular weight is 311 g/mol. The fraction of sp³-hybridized carbons (Fsp3) is 0.786. The van der Waals surface area contributed by atoms with Gasteiger partial charge in [0.2, 0.25) is 11.8 Å². The van der Waals surface area contributed by atoms with Crippen LogP contribution in [0.2, 0.25) is 0 Å². The largest absolute Gasteiger partial charge is 0.543 e. The van der Waals surface area contributed by atoms with Gasteiger partial charge in [0, 0.05) is 0 Å². The number of amides is 2. The molecule has 0 aromatic heterocycles. The highest BCUT2D eigenvalue weighted by molar-refractivity contribution is 8.01. The third-order valence-corrected chi connectivity index (χ3v) is 5.41. The number of hydrogen-bond acceptors (Lipinski definition) is 5. The minimum absolute atomic E-state index is 0.0118. The first kappa shape index (κ1) is 18.1. The van der Waals surface area contributed by atoms with Crippen molar-refractivity contribution in [1.82, 2.24) is 5.32 Å². The van der Waals surface area contributed by atoms with E-state index in [0.717, 1.165) is 31.4 Å². The van der Waals surface area contributed by atoms with E-state index in [1.807, 2.05) is 0 Å². The second-order valence-electron chi connectivity index (χ2n) is 5.25. The summed E-state index contributed by atoms with van der Waals surface area (Å²) in [6.45, 7) is 3.92. The minimum Gasteiger partial charge on any atom is -0.543 e. The summed E-state index contributed by atoms with van der Waals surface area (Å²) in [5.41, 5.74) is 0. The van der Waals surface area contributed by atoms with Crippen molar-refractivity contribution in [2.45, 2.75) is 57.1 Å². The summed E-state index contributed by atoms with van der Waals surface area (Å²) in [6, 6.07) is 0. The van der Waals surface area contributed by atoms with Gasteiger partial charge in [-0.3, -0.25) is 19.7 Å². The summed E-state index contributed by atoms with van der Waals surface area (Å²) in [7, 11) is 4.97. The average Bonchev–Trinajstić information content (AvgIpc) is 2.74. The van der Waals surface area contributed by atoms with Crippen molar-refractivity contribution in [2.24, 2.45) is 5.92 Å². The van der Waals surface area contributed by atoms with Crippen LogP contribution in [-0.4, -0.2) is 36.3 Å². The lowest BCUT2D eigenvalue weighted by Gasteiger charge is -2.31. The lowest BCUT2D eigenvalue weighted by atomic mass is 9.87. The summed E-state index contributed by atoms with van der Waals surface area (Å²) in [5, 5.41) is 2.31. The molecule has 2 amide bonds. The first-order valence-electron chi connectivity index (χ1n) is 7.40. The number of carbonyl (C=O) groups excluding carboxylic acids is 3. The van der Waals surface area contributed by atoms with Crippen LogP contribution in [0.15, 0.2) is 0 Å². The van der Waals surface area contributed by atoms with Crippen molar-refractivity contribution >= 4 is 37.6 Å². The Labute approximate surface area is 131 Å². The summed E-state index contributed by atoms with van der Waals surface area (Å²) in [5.74, 6) is -1.35. The van der Waals surface area contributed by atoms with Gasteiger partial charge in [-0.15, -0.1) is 11.8 Å². The monoisotopic (exact) mass is 311 g/mol. The first-order valence-corrected chi connectivity index (χ1v) is 8.39. The molecule has 0 bridgehead atoms. The van der Waals surface area contributed by atoms with Crippen LogP contribution in [0.25, 0.3) is 0 Å². The van der Waals surface area contributed by atoms with Crippen molar-refractivity contribution in [1.29, 1.82) is 0 Å². The smallest absolute Gasteiger partial charge is 0.378 e. The molecular formula is C14H22BNO4S. The number of nitrogens with one attached hydrogen (secondary N) is 1. The summed E-state index contributed by atoms with van der Waals surface area (Å²) >= 11 is 1.38. The van der Waals surface area contributed by atoms with E-state index in [-0.39, 0.29) is 12.3 Å². The zero-order valence-corrected chi connectivity index (χ0v) is 13.5.